The molecule has 180 valence electrons. The van der Waals surface area contributed by atoms with Crippen LogP contribution in [0.1, 0.15) is 0 Å². The Morgan fingerprint density at radius 3 is 2.73 bits per heavy atom. The van der Waals surface area contributed by atoms with Gasteiger partial charge in [0.2, 0.25) is 11.1 Å². The Morgan fingerprint density at radius 2 is 2.15 bits per heavy atom. The van der Waals surface area contributed by atoms with Gasteiger partial charge in [-0.25, -0.2) is 9.48 Å². The van der Waals surface area contributed by atoms with E-state index in [-0.39, 0.29) is 17.3 Å². The Hall–Kier alpha value is -2.34. The van der Waals surface area contributed by atoms with Crippen molar-refractivity contribution in [2.24, 2.45) is 12.8 Å². The normalized spacial score (nSPS) is 25.0. The van der Waals surface area contributed by atoms with E-state index < -0.39 is 46.9 Å². The van der Waals surface area contributed by atoms with Crippen LogP contribution in [-0.4, -0.2) is 107 Å². The number of methoxy groups -OCH3 is 1. The summed E-state index contributed by atoms with van der Waals surface area (Å²) in [7, 11) is 2.90. The fourth-order valence-corrected chi connectivity index (χ4v) is 6.22. The quantitative estimate of drug-likeness (QED) is 0.144. The lowest BCUT2D eigenvalue weighted by molar-refractivity contribution is -0.201. The summed E-state index contributed by atoms with van der Waals surface area (Å²) >= 11 is 3.38. The second kappa shape index (κ2) is 10.3. The third kappa shape index (κ3) is 4.96. The van der Waals surface area contributed by atoms with Crippen LogP contribution < -0.4 is 11.1 Å². The van der Waals surface area contributed by atoms with Gasteiger partial charge in [0.25, 0.3) is 11.6 Å². The number of carbonyl (C=O) groups is 4. The van der Waals surface area contributed by atoms with Gasteiger partial charge in [-0.05, 0) is 21.4 Å². The molecule has 1 fully saturated rings. The molecule has 33 heavy (non-hydrogen) atoms. The summed E-state index contributed by atoms with van der Waals surface area (Å²) in [5, 5.41) is 33.6. The number of β-lactam (4-membered cyclic amide) rings is 1. The molecule has 0 saturated carbocycles. The maximum atomic E-state index is 13.0. The van der Waals surface area contributed by atoms with Gasteiger partial charge in [-0.3, -0.25) is 14.4 Å². The topological polar surface area (TPSA) is 203 Å². The molecule has 2 amide bonds. The first kappa shape index (κ1) is 25.3. The summed E-state index contributed by atoms with van der Waals surface area (Å²) in [4.78, 5) is 49.4. The summed E-state index contributed by atoms with van der Waals surface area (Å²) in [5.41, 5.74) is 4.15. The highest BCUT2D eigenvalue weighted by atomic mass is 32.2. The van der Waals surface area contributed by atoms with Gasteiger partial charge in [0.15, 0.2) is 6.04 Å². The van der Waals surface area contributed by atoms with Crippen molar-refractivity contribution in [3.63, 3.8) is 0 Å². The molecular formula is C16H21N7O7S3. The Balaban J connectivity index is 1.69. The first-order valence-corrected chi connectivity index (χ1v) is 12.4. The van der Waals surface area contributed by atoms with E-state index in [1.165, 1.54) is 23.6 Å². The zero-order chi connectivity index (χ0) is 24.3. The Kier molecular flexibility index (Phi) is 7.88. The Morgan fingerprint density at radius 1 is 1.42 bits per heavy atom. The lowest BCUT2D eigenvalue weighted by Gasteiger charge is -2.57. The van der Waals surface area contributed by atoms with Crippen LogP contribution in [0.25, 0.3) is 0 Å². The van der Waals surface area contributed by atoms with E-state index in [0.29, 0.717) is 10.7 Å². The van der Waals surface area contributed by atoms with Gasteiger partial charge in [0.05, 0.1) is 5.75 Å². The monoisotopic (exact) mass is 519 g/mol. The van der Waals surface area contributed by atoms with Gasteiger partial charge in [0.1, 0.15) is 11.4 Å². The minimum absolute atomic E-state index is 0.00682. The SMILES string of the molecule is CO[C@@]1(NC(=O)CSC[C@@H](N)C(=O)O)C(=O)N2C(C(=O)O)C(CSc3nnnn3C)=CS[C@@H]21. The standard InChI is InChI=1S/C16H21N7O7S3/c1-22-15(19-20-21-22)33-4-7-3-32-14-16(30-2,13(29)23(14)10(7)12(27)28)18-9(24)6-31-5-8(17)11(25)26/h3,8,10,14H,4-6,17H2,1-2H3,(H,18,24)(H,25,26)(H,27,28)/t8-,10?,14-,16+/m1/s1. The molecule has 2 aliphatic heterocycles. The Labute approximate surface area is 200 Å². The highest BCUT2D eigenvalue weighted by molar-refractivity contribution is 8.03. The lowest BCUT2D eigenvalue weighted by Crippen LogP contribution is -2.83. The number of aliphatic carboxylic acids is 2. The lowest BCUT2D eigenvalue weighted by atomic mass is 9.95. The molecule has 2 aliphatic rings. The molecule has 0 aromatic carbocycles. The minimum atomic E-state index is -1.73. The number of hydrogen-bond donors (Lipinski definition) is 4. The molecule has 1 aromatic rings. The number of nitrogens with zero attached hydrogens (tertiary/aromatic N) is 5. The van der Waals surface area contributed by atoms with Crippen molar-refractivity contribution >= 4 is 59.0 Å². The molecule has 1 saturated heterocycles. The van der Waals surface area contributed by atoms with E-state index in [0.717, 1.165) is 28.4 Å². The predicted octanol–water partition coefficient (Wildman–Crippen LogP) is -1.84. The van der Waals surface area contributed by atoms with Crippen LogP contribution >= 0.6 is 35.3 Å². The highest BCUT2D eigenvalue weighted by Crippen LogP contribution is 2.47. The third-order valence-electron chi connectivity index (χ3n) is 4.81. The van der Waals surface area contributed by atoms with Gasteiger partial charge in [-0.1, -0.05) is 11.8 Å². The van der Waals surface area contributed by atoms with E-state index in [1.807, 2.05) is 0 Å². The van der Waals surface area contributed by atoms with E-state index in [4.69, 9.17) is 15.6 Å². The number of ether oxygens (including phenoxy) is 1. The number of nitrogens with one attached hydrogen (secondary N) is 1. The largest absolute Gasteiger partial charge is 0.480 e. The molecule has 17 heteroatoms. The number of rotatable bonds is 11. The van der Waals surface area contributed by atoms with E-state index >= 15 is 0 Å². The zero-order valence-corrected chi connectivity index (χ0v) is 19.9. The molecule has 0 spiro atoms. The van der Waals surface area contributed by atoms with Crippen LogP contribution in [0.3, 0.4) is 0 Å². The number of thioether (sulfide) groups is 3. The summed E-state index contributed by atoms with van der Waals surface area (Å²) < 4.78 is 6.81. The molecule has 1 unspecified atom stereocenters. The molecule has 3 rings (SSSR count). The molecule has 0 bridgehead atoms. The molecule has 0 radical (unpaired) electrons. The van der Waals surface area contributed by atoms with Crippen LogP contribution in [0, 0.1) is 0 Å². The van der Waals surface area contributed by atoms with Crippen LogP contribution in [0.4, 0.5) is 0 Å². The number of carbonyl (C=O) groups excluding carboxylic acids is 2. The molecule has 0 aliphatic carbocycles. The molecule has 1 aromatic heterocycles. The van der Waals surface area contributed by atoms with Crippen molar-refractivity contribution < 1.29 is 34.1 Å². The number of carboxylic acids is 2. The number of nitrogens with two attached hydrogens (primary N) is 1. The summed E-state index contributed by atoms with van der Waals surface area (Å²) in [6, 6.07) is -2.36. The highest BCUT2D eigenvalue weighted by Gasteiger charge is 2.67. The van der Waals surface area contributed by atoms with Gasteiger partial charge >= 0.3 is 11.9 Å². The number of fused-ring (bicyclic) bond motifs is 1. The Bertz CT molecular complexity index is 989. The van der Waals surface area contributed by atoms with Crippen molar-refractivity contribution in [3.8, 4) is 0 Å². The van der Waals surface area contributed by atoms with Crippen LogP contribution in [0.2, 0.25) is 0 Å². The third-order valence-corrected chi connectivity index (χ3v) is 8.21. The second-order valence-electron chi connectivity index (χ2n) is 6.96. The number of carboxylic acid groups (broad SMARTS) is 2. The first-order valence-electron chi connectivity index (χ1n) is 9.29. The van der Waals surface area contributed by atoms with Crippen LogP contribution in [-0.2, 0) is 31.0 Å². The molecule has 14 nitrogen and oxygen atoms in total. The average molecular weight is 520 g/mol. The van der Waals surface area contributed by atoms with Gasteiger partial charge in [-0.2, -0.15) is 0 Å². The van der Waals surface area contributed by atoms with Gasteiger partial charge < -0.3 is 30.9 Å². The fraction of sp³-hybridized carbons (Fsp3) is 0.562. The van der Waals surface area contributed by atoms with E-state index in [9.17, 15) is 24.3 Å². The predicted molar refractivity (Wildman–Crippen MR) is 118 cm³/mol. The number of aromatic nitrogens is 4. The van der Waals surface area contributed by atoms with E-state index in [1.54, 1.807) is 12.5 Å². The van der Waals surface area contributed by atoms with E-state index in [2.05, 4.69) is 20.8 Å². The fourth-order valence-electron chi connectivity index (χ4n) is 3.17. The summed E-state index contributed by atoms with van der Waals surface area (Å²) in [6.07, 6.45) is 0. The van der Waals surface area contributed by atoms with Crippen molar-refractivity contribution in [2.75, 3.05) is 24.4 Å². The van der Waals surface area contributed by atoms with Crippen molar-refractivity contribution in [1.82, 2.24) is 30.4 Å². The van der Waals surface area contributed by atoms with Crippen molar-refractivity contribution in [1.29, 1.82) is 0 Å². The molecular weight excluding hydrogens is 498 g/mol. The smallest absolute Gasteiger partial charge is 0.330 e. The maximum absolute atomic E-state index is 13.0. The first-order chi connectivity index (χ1) is 15.6. The summed E-state index contributed by atoms with van der Waals surface area (Å²) in [5.74, 6) is -3.57. The maximum Gasteiger partial charge on any atom is 0.330 e. The van der Waals surface area contributed by atoms with Crippen molar-refractivity contribution in [3.05, 3.63) is 11.0 Å². The summed E-state index contributed by atoms with van der Waals surface area (Å²) in [6.45, 7) is 0. The molecule has 5 N–H and O–H groups in total. The molecule has 3 heterocycles. The molecule has 4 atom stereocenters. The van der Waals surface area contributed by atoms with Crippen LogP contribution in [0.5, 0.6) is 0 Å². The van der Waals surface area contributed by atoms with Crippen LogP contribution in [0.15, 0.2) is 16.1 Å². The second-order valence-corrected chi connectivity index (χ2v) is 9.88. The number of aryl methyl sites for hydroxylation is 1. The average Bonchev–Trinajstić information content (AvgIpc) is 3.19. The number of hydrogen-bond acceptors (Lipinski definition) is 12. The zero-order valence-electron chi connectivity index (χ0n) is 17.4. The minimum Gasteiger partial charge on any atom is -0.480 e. The van der Waals surface area contributed by atoms with Gasteiger partial charge in [-0.15, -0.1) is 28.6 Å². The number of tetrazole rings is 1. The van der Waals surface area contributed by atoms with Gasteiger partial charge in [0, 0.05) is 25.7 Å². The van der Waals surface area contributed by atoms with Crippen molar-refractivity contribution in [2.45, 2.75) is 28.3 Å². The number of amides is 2.